The van der Waals surface area contributed by atoms with Gasteiger partial charge in [0.15, 0.2) is 0 Å². The third-order valence-electron chi connectivity index (χ3n) is 3.36. The summed E-state index contributed by atoms with van der Waals surface area (Å²) in [7, 11) is 0. The lowest BCUT2D eigenvalue weighted by Crippen LogP contribution is -2.11. The van der Waals surface area contributed by atoms with Crippen molar-refractivity contribution in [2.75, 3.05) is 6.61 Å². The first-order valence-corrected chi connectivity index (χ1v) is 6.33. The average Bonchev–Trinajstić information content (AvgIpc) is 3.03. The molecule has 1 heterocycles. The smallest absolute Gasteiger partial charge is 0.0431 e. The Hall–Kier alpha value is -0.800. The molecule has 90 valence electrons. The number of hydrogen-bond donors (Lipinski definition) is 2. The zero-order chi connectivity index (χ0) is 11.4. The number of rotatable bonds is 7. The molecule has 0 bridgehead atoms. The van der Waals surface area contributed by atoms with Crippen molar-refractivity contribution >= 4 is 0 Å². The van der Waals surface area contributed by atoms with Crippen LogP contribution in [-0.2, 0) is 6.54 Å². The minimum absolute atomic E-state index is 0.249. The number of nitrogens with two attached hydrogens (primary N) is 1. The van der Waals surface area contributed by atoms with E-state index >= 15 is 0 Å². The molecule has 1 aliphatic carbocycles. The van der Waals surface area contributed by atoms with Crippen LogP contribution in [0, 0.1) is 5.92 Å². The third-order valence-corrected chi connectivity index (χ3v) is 3.36. The second kappa shape index (κ2) is 5.51. The van der Waals surface area contributed by atoms with Crippen LogP contribution in [0.3, 0.4) is 0 Å². The van der Waals surface area contributed by atoms with Crippen LogP contribution < -0.4 is 5.73 Å². The summed E-state index contributed by atoms with van der Waals surface area (Å²) in [5, 5.41) is 8.69. The summed E-state index contributed by atoms with van der Waals surface area (Å²) < 4.78 is 2.22. The van der Waals surface area contributed by atoms with Gasteiger partial charge in [0.1, 0.15) is 0 Å². The molecule has 1 aromatic rings. The molecule has 1 aromatic heterocycles. The lowest BCUT2D eigenvalue weighted by molar-refractivity contribution is 0.282. The molecule has 3 nitrogen and oxygen atoms in total. The Morgan fingerprint density at radius 3 is 2.88 bits per heavy atom. The van der Waals surface area contributed by atoms with Gasteiger partial charge in [0, 0.05) is 31.6 Å². The standard InChI is InChI=1S/C13H22N2O/c14-13(11-4-5-11)12-6-8-15(10-12)7-2-1-3-9-16/h6,8,10-11,13,16H,1-5,7,9,14H2. The second-order valence-electron chi connectivity index (χ2n) is 4.83. The predicted octanol–water partition coefficient (Wildman–Crippen LogP) is 2.06. The molecular weight excluding hydrogens is 200 g/mol. The van der Waals surface area contributed by atoms with E-state index < -0.39 is 0 Å². The van der Waals surface area contributed by atoms with E-state index in [1.807, 2.05) is 0 Å². The molecule has 0 saturated heterocycles. The van der Waals surface area contributed by atoms with Gasteiger partial charge in [0.05, 0.1) is 0 Å². The van der Waals surface area contributed by atoms with Crippen LogP contribution in [0.25, 0.3) is 0 Å². The van der Waals surface area contributed by atoms with Crippen molar-refractivity contribution in [2.24, 2.45) is 11.7 Å². The molecule has 3 heteroatoms. The van der Waals surface area contributed by atoms with Crippen LogP contribution in [0.4, 0.5) is 0 Å². The number of aliphatic hydroxyl groups excluding tert-OH is 1. The van der Waals surface area contributed by atoms with Crippen LogP contribution in [0.5, 0.6) is 0 Å². The lowest BCUT2D eigenvalue weighted by Gasteiger charge is -2.07. The van der Waals surface area contributed by atoms with Crippen molar-refractivity contribution in [3.05, 3.63) is 24.0 Å². The van der Waals surface area contributed by atoms with E-state index in [2.05, 4.69) is 23.0 Å². The molecule has 0 spiro atoms. The molecule has 3 N–H and O–H groups in total. The van der Waals surface area contributed by atoms with Crippen molar-refractivity contribution in [3.63, 3.8) is 0 Å². The first-order valence-electron chi connectivity index (χ1n) is 6.33. The van der Waals surface area contributed by atoms with Crippen molar-refractivity contribution in [3.8, 4) is 0 Å². The number of nitrogens with zero attached hydrogens (tertiary/aromatic N) is 1. The van der Waals surface area contributed by atoms with Crippen molar-refractivity contribution in [1.82, 2.24) is 4.57 Å². The summed E-state index contributed by atoms with van der Waals surface area (Å²) in [6.07, 6.45) is 10.0. The fourth-order valence-corrected chi connectivity index (χ4v) is 2.11. The van der Waals surface area contributed by atoms with Crippen LogP contribution in [-0.4, -0.2) is 16.3 Å². The maximum absolute atomic E-state index is 8.69. The zero-order valence-electron chi connectivity index (χ0n) is 9.81. The number of hydrogen-bond acceptors (Lipinski definition) is 2. The summed E-state index contributed by atoms with van der Waals surface area (Å²) in [5.74, 6) is 0.727. The first-order chi connectivity index (χ1) is 7.81. The van der Waals surface area contributed by atoms with Crippen LogP contribution in [0.15, 0.2) is 18.5 Å². The van der Waals surface area contributed by atoms with Gasteiger partial charge in [-0.3, -0.25) is 0 Å². The number of unbranched alkanes of at least 4 members (excludes halogenated alkanes) is 2. The highest BCUT2D eigenvalue weighted by Gasteiger charge is 2.29. The number of aromatic nitrogens is 1. The normalized spacial score (nSPS) is 17.6. The van der Waals surface area contributed by atoms with E-state index in [0.717, 1.165) is 31.7 Å². The Balaban J connectivity index is 1.77. The minimum Gasteiger partial charge on any atom is -0.396 e. The Morgan fingerprint density at radius 2 is 2.19 bits per heavy atom. The van der Waals surface area contributed by atoms with Crippen molar-refractivity contribution in [2.45, 2.75) is 44.7 Å². The van der Waals surface area contributed by atoms with Gasteiger partial charge in [-0.2, -0.15) is 0 Å². The Kier molecular flexibility index (Phi) is 4.02. The molecule has 1 fully saturated rings. The molecule has 0 aromatic carbocycles. The Labute approximate surface area is 97.3 Å². The molecule has 16 heavy (non-hydrogen) atoms. The van der Waals surface area contributed by atoms with E-state index in [1.54, 1.807) is 0 Å². The molecule has 1 atom stereocenters. The maximum Gasteiger partial charge on any atom is 0.0431 e. The van der Waals surface area contributed by atoms with Crippen LogP contribution >= 0.6 is 0 Å². The summed E-state index contributed by atoms with van der Waals surface area (Å²) in [6.45, 7) is 1.35. The van der Waals surface area contributed by atoms with Gasteiger partial charge in [-0.05, 0) is 49.7 Å². The van der Waals surface area contributed by atoms with E-state index in [0.29, 0.717) is 6.61 Å². The quantitative estimate of drug-likeness (QED) is 0.694. The zero-order valence-corrected chi connectivity index (χ0v) is 9.81. The highest BCUT2D eigenvalue weighted by molar-refractivity contribution is 5.17. The summed E-state index contributed by atoms with van der Waals surface area (Å²) >= 11 is 0. The predicted molar refractivity (Wildman–Crippen MR) is 65.0 cm³/mol. The Morgan fingerprint density at radius 1 is 1.38 bits per heavy atom. The van der Waals surface area contributed by atoms with Crippen LogP contribution in [0.2, 0.25) is 0 Å². The SMILES string of the molecule is NC(c1ccn(CCCCCO)c1)C1CC1. The summed E-state index contributed by atoms with van der Waals surface area (Å²) in [4.78, 5) is 0. The van der Waals surface area contributed by atoms with Gasteiger partial charge in [0.25, 0.3) is 0 Å². The highest BCUT2D eigenvalue weighted by atomic mass is 16.2. The minimum atomic E-state index is 0.249. The molecule has 0 aliphatic heterocycles. The van der Waals surface area contributed by atoms with Crippen LogP contribution in [0.1, 0.15) is 43.7 Å². The van der Waals surface area contributed by atoms with Crippen molar-refractivity contribution in [1.29, 1.82) is 0 Å². The number of aryl methyl sites for hydroxylation is 1. The topological polar surface area (TPSA) is 51.2 Å². The first kappa shape index (κ1) is 11.7. The molecule has 1 unspecified atom stereocenters. The van der Waals surface area contributed by atoms with Crippen molar-refractivity contribution < 1.29 is 5.11 Å². The summed E-state index contributed by atoms with van der Waals surface area (Å²) in [5.41, 5.74) is 7.43. The molecule has 1 aliphatic rings. The second-order valence-corrected chi connectivity index (χ2v) is 4.83. The number of aliphatic hydroxyl groups is 1. The van der Waals surface area contributed by atoms with E-state index in [9.17, 15) is 0 Å². The molecular formula is C13H22N2O. The lowest BCUT2D eigenvalue weighted by atomic mass is 10.1. The average molecular weight is 222 g/mol. The monoisotopic (exact) mass is 222 g/mol. The molecule has 0 amide bonds. The van der Waals surface area contributed by atoms with Gasteiger partial charge in [-0.1, -0.05) is 0 Å². The van der Waals surface area contributed by atoms with Gasteiger partial charge < -0.3 is 15.4 Å². The Bertz CT molecular complexity index is 317. The highest BCUT2D eigenvalue weighted by Crippen LogP contribution is 2.39. The summed E-state index contributed by atoms with van der Waals surface area (Å²) in [6, 6.07) is 2.40. The van der Waals surface area contributed by atoms with E-state index in [1.165, 1.54) is 18.4 Å². The van der Waals surface area contributed by atoms with Gasteiger partial charge in [-0.15, -0.1) is 0 Å². The fraction of sp³-hybridized carbons (Fsp3) is 0.692. The molecule has 2 rings (SSSR count). The fourth-order valence-electron chi connectivity index (χ4n) is 2.11. The maximum atomic E-state index is 8.69. The van der Waals surface area contributed by atoms with Gasteiger partial charge in [-0.25, -0.2) is 0 Å². The molecule has 1 saturated carbocycles. The molecule has 0 radical (unpaired) electrons. The van der Waals surface area contributed by atoms with Gasteiger partial charge >= 0.3 is 0 Å². The van der Waals surface area contributed by atoms with E-state index in [-0.39, 0.29) is 6.04 Å². The van der Waals surface area contributed by atoms with E-state index in [4.69, 9.17) is 10.8 Å². The largest absolute Gasteiger partial charge is 0.396 e. The van der Waals surface area contributed by atoms with Gasteiger partial charge in [0.2, 0.25) is 0 Å². The third kappa shape index (κ3) is 3.09.